The van der Waals surface area contributed by atoms with Crippen LogP contribution < -0.4 is 22.5 Å². The Bertz CT molecular complexity index is 745. The van der Waals surface area contributed by atoms with Crippen LogP contribution >= 0.6 is 11.6 Å². The minimum atomic E-state index is 0. The summed E-state index contributed by atoms with van der Waals surface area (Å²) in [6.45, 7) is 1.85. The van der Waals surface area contributed by atoms with Crippen LogP contribution in [0.5, 0.6) is 5.75 Å². The number of benzene rings is 2. The molecule has 3 nitrogen and oxygen atoms in total. The van der Waals surface area contributed by atoms with Gasteiger partial charge in [-0.2, -0.15) is 0 Å². The molecule has 1 heterocycles. The highest BCUT2D eigenvalue weighted by molar-refractivity contribution is 6.31. The van der Waals surface area contributed by atoms with E-state index in [9.17, 15) is 0 Å². The molecule has 24 heavy (non-hydrogen) atoms. The van der Waals surface area contributed by atoms with Crippen molar-refractivity contribution in [2.24, 2.45) is 0 Å². The molecule has 5 heteroatoms. The quantitative estimate of drug-likeness (QED) is 0.695. The highest BCUT2D eigenvalue weighted by Gasteiger charge is 2.05. The Labute approximate surface area is 153 Å². The van der Waals surface area contributed by atoms with Crippen molar-refractivity contribution in [2.45, 2.75) is 19.7 Å². The Morgan fingerprint density at radius 3 is 2.38 bits per heavy atom. The molecule has 0 spiro atoms. The van der Waals surface area contributed by atoms with E-state index in [4.69, 9.17) is 20.8 Å². The first-order valence-corrected chi connectivity index (χ1v) is 7.88. The van der Waals surface area contributed by atoms with Gasteiger partial charge in [-0.15, -0.1) is 0 Å². The second kappa shape index (κ2) is 9.38. The molecule has 3 rings (SSSR count). The first-order valence-electron chi connectivity index (χ1n) is 7.50. The summed E-state index contributed by atoms with van der Waals surface area (Å²) in [6.07, 6.45) is 1.68. The Hall–Kier alpha value is -1.94. The lowest BCUT2D eigenvalue weighted by molar-refractivity contribution is -0.00000539. The van der Waals surface area contributed by atoms with Crippen LogP contribution in [0.15, 0.2) is 71.3 Å². The van der Waals surface area contributed by atoms with Crippen LogP contribution in [-0.4, -0.2) is 0 Å². The lowest BCUT2D eigenvalue weighted by Crippen LogP contribution is -3.00. The molecule has 0 saturated carbocycles. The second-order valence-electron chi connectivity index (χ2n) is 5.17. The fourth-order valence-corrected chi connectivity index (χ4v) is 2.49. The van der Waals surface area contributed by atoms with Crippen LogP contribution in [0.1, 0.15) is 16.9 Å². The number of hydrogen-bond donors (Lipinski definition) is 1. The molecular weight excluding hydrogens is 345 g/mol. The summed E-state index contributed by atoms with van der Waals surface area (Å²) in [4.78, 5) is 0. The van der Waals surface area contributed by atoms with Gasteiger partial charge in [0, 0.05) is 22.7 Å². The van der Waals surface area contributed by atoms with E-state index in [0.717, 1.165) is 27.7 Å². The van der Waals surface area contributed by atoms with E-state index in [1.807, 2.05) is 54.6 Å². The molecule has 0 aliphatic carbocycles. The van der Waals surface area contributed by atoms with Gasteiger partial charge < -0.3 is 26.9 Å². The van der Waals surface area contributed by atoms with Crippen molar-refractivity contribution in [3.63, 3.8) is 0 Å². The van der Waals surface area contributed by atoms with Gasteiger partial charge in [0.2, 0.25) is 0 Å². The highest BCUT2D eigenvalue weighted by Crippen LogP contribution is 2.22. The molecule has 0 saturated heterocycles. The summed E-state index contributed by atoms with van der Waals surface area (Å²) < 4.78 is 11.3. The van der Waals surface area contributed by atoms with Crippen molar-refractivity contribution in [3.8, 4) is 5.75 Å². The monoisotopic (exact) mass is 362 g/mol. The second-order valence-corrected chi connectivity index (χ2v) is 5.58. The number of hydrogen-bond acceptors (Lipinski definition) is 3. The third kappa shape index (κ3) is 5.03. The number of ether oxygens (including phenoxy) is 1. The Morgan fingerprint density at radius 2 is 1.62 bits per heavy atom. The Kier molecular flexibility index (Phi) is 7.19. The summed E-state index contributed by atoms with van der Waals surface area (Å²) >= 11 is 6.17. The normalized spacial score (nSPS) is 10.2. The van der Waals surface area contributed by atoms with E-state index in [0.29, 0.717) is 19.7 Å². The van der Waals surface area contributed by atoms with Crippen molar-refractivity contribution in [1.82, 2.24) is 5.32 Å². The minimum absolute atomic E-state index is 0. The maximum atomic E-state index is 6.17. The smallest absolute Gasteiger partial charge is 0.124 e. The van der Waals surface area contributed by atoms with Crippen LogP contribution in [-0.2, 0) is 19.7 Å². The molecule has 0 aliphatic rings. The SMILES string of the molecule is Clc1ccccc1COc1ccccc1CNCc1ccco1.[Cl-]. The van der Waals surface area contributed by atoms with E-state index < -0.39 is 0 Å². The van der Waals surface area contributed by atoms with Crippen molar-refractivity contribution >= 4 is 11.6 Å². The number of para-hydroxylation sites is 1. The van der Waals surface area contributed by atoms with Crippen molar-refractivity contribution < 1.29 is 21.6 Å². The van der Waals surface area contributed by atoms with Crippen LogP contribution in [0.4, 0.5) is 0 Å². The standard InChI is InChI=1S/C19H18ClNO2.ClH/c20-18-9-3-1-7-16(18)14-23-19-10-4-2-6-15(19)12-21-13-17-8-5-11-22-17;/h1-11,21H,12-14H2;1H/p-1. The predicted octanol–water partition coefficient (Wildman–Crippen LogP) is 1.81. The van der Waals surface area contributed by atoms with Crippen LogP contribution in [0, 0.1) is 0 Å². The molecule has 0 unspecified atom stereocenters. The molecule has 0 atom stereocenters. The molecule has 126 valence electrons. The highest BCUT2D eigenvalue weighted by atomic mass is 35.5. The van der Waals surface area contributed by atoms with Gasteiger partial charge in [0.15, 0.2) is 0 Å². The van der Waals surface area contributed by atoms with Gasteiger partial charge in [-0.1, -0.05) is 48.0 Å². The van der Waals surface area contributed by atoms with Gasteiger partial charge >= 0.3 is 0 Å². The van der Waals surface area contributed by atoms with Crippen molar-refractivity contribution in [1.29, 1.82) is 0 Å². The van der Waals surface area contributed by atoms with Gasteiger partial charge in [-0.05, 0) is 24.3 Å². The fraction of sp³-hybridized carbons (Fsp3) is 0.158. The molecular formula is C19H18Cl2NO2-. The predicted molar refractivity (Wildman–Crippen MR) is 91.5 cm³/mol. The van der Waals surface area contributed by atoms with Crippen LogP contribution in [0.2, 0.25) is 5.02 Å². The first-order chi connectivity index (χ1) is 11.3. The molecule has 3 aromatic rings. The summed E-state index contributed by atoms with van der Waals surface area (Å²) in [5.74, 6) is 1.78. The van der Waals surface area contributed by atoms with Crippen molar-refractivity contribution in [2.75, 3.05) is 0 Å². The molecule has 0 fully saturated rings. The van der Waals surface area contributed by atoms with E-state index in [2.05, 4.69) is 11.4 Å². The average Bonchev–Trinajstić information content (AvgIpc) is 3.09. The van der Waals surface area contributed by atoms with E-state index in [1.54, 1.807) is 6.26 Å². The molecule has 0 radical (unpaired) electrons. The summed E-state index contributed by atoms with van der Waals surface area (Å²) in [5.41, 5.74) is 2.08. The largest absolute Gasteiger partial charge is 1.00 e. The number of nitrogens with one attached hydrogen (secondary N) is 1. The lowest BCUT2D eigenvalue weighted by Gasteiger charge is -2.12. The minimum Gasteiger partial charge on any atom is -1.00 e. The van der Waals surface area contributed by atoms with Gasteiger partial charge in [0.05, 0.1) is 12.8 Å². The van der Waals surface area contributed by atoms with Gasteiger partial charge in [0.1, 0.15) is 18.1 Å². The molecule has 0 amide bonds. The van der Waals surface area contributed by atoms with E-state index in [-0.39, 0.29) is 12.4 Å². The summed E-state index contributed by atoms with van der Waals surface area (Å²) in [5, 5.41) is 4.08. The zero-order valence-corrected chi connectivity index (χ0v) is 14.6. The van der Waals surface area contributed by atoms with E-state index in [1.165, 1.54) is 0 Å². The van der Waals surface area contributed by atoms with Crippen LogP contribution in [0.25, 0.3) is 0 Å². The molecule has 1 N–H and O–H groups in total. The third-order valence-electron chi connectivity index (χ3n) is 3.51. The maximum Gasteiger partial charge on any atom is 0.124 e. The zero-order chi connectivity index (χ0) is 15.9. The first kappa shape index (κ1) is 18.4. The molecule has 1 aromatic heterocycles. The molecule has 0 bridgehead atoms. The molecule has 0 aliphatic heterocycles. The van der Waals surface area contributed by atoms with E-state index >= 15 is 0 Å². The fourth-order valence-electron chi connectivity index (χ4n) is 2.30. The van der Waals surface area contributed by atoms with Crippen molar-refractivity contribution in [3.05, 3.63) is 88.8 Å². The van der Waals surface area contributed by atoms with Gasteiger partial charge in [0.25, 0.3) is 0 Å². The third-order valence-corrected chi connectivity index (χ3v) is 3.88. The average molecular weight is 363 g/mol. The lowest BCUT2D eigenvalue weighted by atomic mass is 10.2. The van der Waals surface area contributed by atoms with Crippen LogP contribution in [0.3, 0.4) is 0 Å². The molecule has 2 aromatic carbocycles. The summed E-state index contributed by atoms with van der Waals surface area (Å²) in [6, 6.07) is 19.6. The number of rotatable bonds is 7. The van der Waals surface area contributed by atoms with Gasteiger partial charge in [-0.3, -0.25) is 0 Å². The topological polar surface area (TPSA) is 34.4 Å². The zero-order valence-electron chi connectivity index (χ0n) is 13.0. The van der Waals surface area contributed by atoms with Gasteiger partial charge in [-0.25, -0.2) is 0 Å². The number of halogens is 2. The summed E-state index contributed by atoms with van der Waals surface area (Å²) in [7, 11) is 0. The maximum absolute atomic E-state index is 6.17. The Morgan fingerprint density at radius 1 is 0.875 bits per heavy atom. The number of furan rings is 1. The Balaban J connectivity index is 0.00000208.